The van der Waals surface area contributed by atoms with Crippen LogP contribution in [-0.4, -0.2) is 94.5 Å². The number of rotatable bonds is 12. The fourth-order valence-electron chi connectivity index (χ4n) is 9.66. The largest absolute Gasteiger partial charge is 0.355 e. The van der Waals surface area contributed by atoms with Crippen molar-refractivity contribution in [1.82, 2.24) is 25.0 Å². The molecule has 0 radical (unpaired) electrons. The van der Waals surface area contributed by atoms with Crippen LogP contribution in [0.4, 0.5) is 11.4 Å². The van der Waals surface area contributed by atoms with Crippen molar-refractivity contribution in [3.63, 3.8) is 0 Å². The van der Waals surface area contributed by atoms with Gasteiger partial charge in [-0.15, -0.1) is 0 Å². The number of nitrogens with one attached hydrogen (secondary N) is 4. The Morgan fingerprint density at radius 2 is 1.31 bits per heavy atom. The molecule has 4 N–H and O–H groups in total. The number of benzene rings is 4. The molecule has 0 spiro atoms. The zero-order valence-corrected chi connectivity index (χ0v) is 33.5. The standard InChI is InChI=1S/C48H53N7O4/c56-45(43(53-24-7-8-25-53)32-13-3-1-4-14-32)37-30-34(19-21-39(37)52-46(57)40-17-11-23-49-40)41-31-35-29-36(20-22-38(35)51-41)50-47(58)42-18-12-28-55(42)48(59)44(54-26-9-10-27-54)33-15-5-2-6-16-33/h1-6,13-16,19-22,29-31,40,42-44,49,51H,7-12,17-18,23-28H2,(H,50,58)(H,52,57)/t40-,42-,43+,44+/m0/s1. The van der Waals surface area contributed by atoms with Crippen molar-refractivity contribution in [1.29, 1.82) is 0 Å². The number of carbonyl (C=O) groups excluding carboxylic acids is 4. The number of ketones is 1. The summed E-state index contributed by atoms with van der Waals surface area (Å²) in [7, 11) is 0. The second kappa shape index (κ2) is 17.3. The van der Waals surface area contributed by atoms with Gasteiger partial charge in [0.15, 0.2) is 5.78 Å². The molecule has 11 heteroatoms. The zero-order valence-electron chi connectivity index (χ0n) is 33.5. The smallest absolute Gasteiger partial charge is 0.247 e. The van der Waals surface area contributed by atoms with Crippen LogP contribution in [0.15, 0.2) is 103 Å². The van der Waals surface area contributed by atoms with Crippen molar-refractivity contribution in [3.8, 4) is 11.3 Å². The Morgan fingerprint density at radius 3 is 1.98 bits per heavy atom. The zero-order chi connectivity index (χ0) is 40.3. The summed E-state index contributed by atoms with van der Waals surface area (Å²) >= 11 is 0. The van der Waals surface area contributed by atoms with Crippen LogP contribution in [0.3, 0.4) is 0 Å². The summed E-state index contributed by atoms with van der Waals surface area (Å²) in [5.74, 6) is -0.366. The maximum atomic E-state index is 14.8. The summed E-state index contributed by atoms with van der Waals surface area (Å²) in [5.41, 5.74) is 6.04. The number of fused-ring (bicyclic) bond motifs is 1. The van der Waals surface area contributed by atoms with E-state index in [0.29, 0.717) is 29.9 Å². The summed E-state index contributed by atoms with van der Waals surface area (Å²) in [5, 5.41) is 10.4. The van der Waals surface area contributed by atoms with Crippen molar-refractivity contribution < 1.29 is 19.2 Å². The highest BCUT2D eigenvalue weighted by Gasteiger charge is 2.40. The van der Waals surface area contributed by atoms with E-state index in [1.807, 2.05) is 103 Å². The van der Waals surface area contributed by atoms with Crippen LogP contribution in [0, 0.1) is 0 Å². The molecule has 0 saturated carbocycles. The van der Waals surface area contributed by atoms with Gasteiger partial charge in [-0.3, -0.25) is 29.0 Å². The SMILES string of the molecule is O=C(Nc1ccc(-c2cc3cc(NC(=O)[C@@H]4CCCN4C(=O)[C@@H](c4ccccc4)N4CCCC4)ccc3[nH]2)cc1C(=O)[C@@H](c1ccccc1)N1CCCC1)[C@@H]1CCCN1. The summed E-state index contributed by atoms with van der Waals surface area (Å²) in [6.07, 6.45) is 7.30. The van der Waals surface area contributed by atoms with Crippen LogP contribution in [0.2, 0.25) is 0 Å². The van der Waals surface area contributed by atoms with Crippen molar-refractivity contribution in [2.75, 3.05) is 49.9 Å². The quantitative estimate of drug-likeness (QED) is 0.0976. The summed E-state index contributed by atoms with van der Waals surface area (Å²) < 4.78 is 0. The van der Waals surface area contributed by atoms with E-state index < -0.39 is 18.1 Å². The third-order valence-electron chi connectivity index (χ3n) is 12.7. The molecule has 4 saturated heterocycles. The first-order valence-corrected chi connectivity index (χ1v) is 21.5. The van der Waals surface area contributed by atoms with E-state index in [1.165, 1.54) is 0 Å². The van der Waals surface area contributed by atoms with Crippen LogP contribution in [0.1, 0.15) is 84.9 Å². The minimum absolute atomic E-state index is 0.00404. The highest BCUT2D eigenvalue weighted by Crippen LogP contribution is 2.36. The molecule has 4 atom stereocenters. The van der Waals surface area contributed by atoms with Gasteiger partial charge in [0.1, 0.15) is 12.1 Å². The van der Waals surface area contributed by atoms with E-state index in [9.17, 15) is 19.2 Å². The highest BCUT2D eigenvalue weighted by molar-refractivity contribution is 6.09. The molecule has 4 aliphatic rings. The van der Waals surface area contributed by atoms with Crippen LogP contribution in [-0.2, 0) is 14.4 Å². The number of hydrogen-bond donors (Lipinski definition) is 4. The second-order valence-corrected chi connectivity index (χ2v) is 16.5. The van der Waals surface area contributed by atoms with Crippen LogP contribution in [0.25, 0.3) is 22.2 Å². The number of Topliss-reactive ketones (excluding diaryl/α,β-unsaturated/α-hetero) is 1. The van der Waals surface area contributed by atoms with E-state index in [4.69, 9.17) is 0 Å². The molecule has 1 aromatic heterocycles. The Bertz CT molecular complexity index is 2310. The topological polar surface area (TPSA) is 130 Å². The van der Waals surface area contributed by atoms with Crippen molar-refractivity contribution in [2.24, 2.45) is 0 Å². The molecule has 4 fully saturated rings. The lowest BCUT2D eigenvalue weighted by molar-refractivity contribution is -0.141. The molecule has 9 rings (SSSR count). The average molecular weight is 792 g/mol. The van der Waals surface area contributed by atoms with E-state index in [1.54, 1.807) is 4.90 Å². The molecule has 5 heterocycles. The van der Waals surface area contributed by atoms with Crippen molar-refractivity contribution in [3.05, 3.63) is 120 Å². The third-order valence-corrected chi connectivity index (χ3v) is 12.7. The van der Waals surface area contributed by atoms with Crippen molar-refractivity contribution >= 4 is 45.8 Å². The second-order valence-electron chi connectivity index (χ2n) is 16.5. The molecule has 3 amide bonds. The molecule has 0 bridgehead atoms. The van der Waals surface area contributed by atoms with Crippen LogP contribution >= 0.6 is 0 Å². The number of hydrogen-bond acceptors (Lipinski definition) is 7. The third kappa shape index (κ3) is 8.19. The van der Waals surface area contributed by atoms with Gasteiger partial charge >= 0.3 is 0 Å². The lowest BCUT2D eigenvalue weighted by Crippen LogP contribution is -2.48. The first-order valence-electron chi connectivity index (χ1n) is 21.5. The van der Waals surface area contributed by atoms with Crippen molar-refractivity contribution in [2.45, 2.75) is 75.5 Å². The number of carbonyl (C=O) groups is 4. The Hall–Kier alpha value is -5.62. The molecular weight excluding hydrogens is 739 g/mol. The molecule has 4 aliphatic heterocycles. The maximum absolute atomic E-state index is 14.8. The van der Waals surface area contributed by atoms with Gasteiger partial charge in [0.05, 0.1) is 17.8 Å². The lowest BCUT2D eigenvalue weighted by atomic mass is 9.93. The molecule has 4 aromatic carbocycles. The number of nitrogens with zero attached hydrogens (tertiary/aromatic N) is 3. The predicted molar refractivity (Wildman–Crippen MR) is 231 cm³/mol. The Kier molecular flexibility index (Phi) is 11.4. The van der Waals surface area contributed by atoms with Gasteiger partial charge in [0.2, 0.25) is 17.7 Å². The lowest BCUT2D eigenvalue weighted by Gasteiger charge is -2.33. The predicted octanol–water partition coefficient (Wildman–Crippen LogP) is 7.31. The molecule has 5 aromatic rings. The van der Waals surface area contributed by atoms with Gasteiger partial charge in [0, 0.05) is 34.4 Å². The first-order chi connectivity index (χ1) is 28.9. The van der Waals surface area contributed by atoms with Crippen LogP contribution in [0.5, 0.6) is 0 Å². The molecule has 11 nitrogen and oxygen atoms in total. The first kappa shape index (κ1) is 38.9. The minimum Gasteiger partial charge on any atom is -0.355 e. The van der Waals surface area contributed by atoms with E-state index in [-0.39, 0.29) is 29.5 Å². The Balaban J connectivity index is 0.973. The molecular formula is C48H53N7O4. The molecule has 0 aliphatic carbocycles. The van der Waals surface area contributed by atoms with Gasteiger partial charge in [0.25, 0.3) is 0 Å². The fraction of sp³-hybridized carbons (Fsp3) is 0.375. The number of anilines is 2. The number of amides is 3. The number of aromatic nitrogens is 1. The van der Waals surface area contributed by atoms with Crippen LogP contribution < -0.4 is 16.0 Å². The van der Waals surface area contributed by atoms with E-state index in [0.717, 1.165) is 111 Å². The van der Waals surface area contributed by atoms with Gasteiger partial charge in [-0.05, 0) is 137 Å². The van der Waals surface area contributed by atoms with Gasteiger partial charge in [-0.25, -0.2) is 0 Å². The summed E-state index contributed by atoms with van der Waals surface area (Å²) in [6.45, 7) is 4.77. The number of likely N-dealkylation sites (tertiary alicyclic amines) is 3. The van der Waals surface area contributed by atoms with E-state index >= 15 is 0 Å². The number of H-pyrrole nitrogens is 1. The molecule has 0 unspecified atom stereocenters. The number of aromatic amines is 1. The highest BCUT2D eigenvalue weighted by atomic mass is 16.2. The van der Waals surface area contributed by atoms with Gasteiger partial charge in [-0.1, -0.05) is 66.7 Å². The fourth-order valence-corrected chi connectivity index (χ4v) is 9.66. The summed E-state index contributed by atoms with van der Waals surface area (Å²) in [4.78, 5) is 66.2. The van der Waals surface area contributed by atoms with E-state index in [2.05, 4.69) is 30.7 Å². The summed E-state index contributed by atoms with van der Waals surface area (Å²) in [6, 6.07) is 31.6. The Labute approximate surface area is 345 Å². The Morgan fingerprint density at radius 1 is 0.627 bits per heavy atom. The van der Waals surface area contributed by atoms with Gasteiger partial charge < -0.3 is 25.8 Å². The monoisotopic (exact) mass is 791 g/mol. The normalized spacial score (nSPS) is 20.8. The molecule has 59 heavy (non-hydrogen) atoms. The maximum Gasteiger partial charge on any atom is 0.247 e. The average Bonchev–Trinajstić information content (AvgIpc) is 4.12. The molecule has 304 valence electrons. The minimum atomic E-state index is -0.548. The van der Waals surface area contributed by atoms with Gasteiger partial charge in [-0.2, -0.15) is 0 Å².